The number of piperidine rings is 1. The average Bonchev–Trinajstić information content (AvgIpc) is 2.93. The largest absolute Gasteiger partial charge is 0.497 e. The Labute approximate surface area is 226 Å². The number of fused-ring (bicyclic) bond motifs is 1. The number of aromatic nitrogens is 1. The van der Waals surface area contributed by atoms with Gasteiger partial charge in [0, 0.05) is 29.6 Å². The van der Waals surface area contributed by atoms with Crippen LogP contribution in [0.15, 0.2) is 59.6 Å². The highest BCUT2D eigenvalue weighted by Gasteiger charge is 2.31. The van der Waals surface area contributed by atoms with Crippen molar-refractivity contribution >= 4 is 22.7 Å². The number of halogens is 3. The highest BCUT2D eigenvalue weighted by molar-refractivity contribution is 7.99. The van der Waals surface area contributed by atoms with Crippen LogP contribution in [-0.2, 0) is 6.18 Å². The third kappa shape index (κ3) is 7.40. The summed E-state index contributed by atoms with van der Waals surface area (Å²) in [6.07, 6.45) is -0.00320. The second-order valence-corrected chi connectivity index (χ2v) is 11.1. The molecule has 0 radical (unpaired) electrons. The Morgan fingerprint density at radius 3 is 2.76 bits per heavy atom. The summed E-state index contributed by atoms with van der Waals surface area (Å²) in [5.41, 5.74) is 1.04. The van der Waals surface area contributed by atoms with Gasteiger partial charge in [0.05, 0.1) is 24.3 Å². The maximum atomic E-state index is 12.9. The number of benzene rings is 2. The van der Waals surface area contributed by atoms with Crippen LogP contribution in [0.4, 0.5) is 13.2 Å². The summed E-state index contributed by atoms with van der Waals surface area (Å²) >= 11 is 1.44. The van der Waals surface area contributed by atoms with Gasteiger partial charge < -0.3 is 19.8 Å². The first-order chi connectivity index (χ1) is 18.3. The van der Waals surface area contributed by atoms with Crippen LogP contribution >= 0.6 is 11.8 Å². The van der Waals surface area contributed by atoms with Gasteiger partial charge in [-0.1, -0.05) is 6.07 Å². The third-order valence-electron chi connectivity index (χ3n) is 7.41. The minimum Gasteiger partial charge on any atom is -0.497 e. The number of nitrogens with zero attached hydrogens (tertiary/aromatic N) is 2. The van der Waals surface area contributed by atoms with Crippen molar-refractivity contribution in [2.24, 2.45) is 11.8 Å². The topological polar surface area (TPSA) is 65.8 Å². The van der Waals surface area contributed by atoms with Crippen LogP contribution in [0.3, 0.4) is 0 Å². The normalized spacial score (nSPS) is 19.5. The summed E-state index contributed by atoms with van der Waals surface area (Å²) in [5, 5.41) is 22.0. The first kappa shape index (κ1) is 28.7. The smallest absolute Gasteiger partial charge is 0.416 e. The van der Waals surface area contributed by atoms with Gasteiger partial charge in [-0.3, -0.25) is 4.98 Å². The number of hydrogen-bond donors (Lipinski definition) is 2. The molecule has 2 heterocycles. The summed E-state index contributed by atoms with van der Waals surface area (Å²) in [6, 6.07) is 13.0. The number of methoxy groups -OCH3 is 1. The minimum absolute atomic E-state index is 0.103. The Morgan fingerprint density at radius 2 is 2.00 bits per heavy atom. The molecule has 2 N–H and O–H groups in total. The molecule has 1 fully saturated rings. The molecule has 3 atom stereocenters. The maximum Gasteiger partial charge on any atom is 0.416 e. The molecule has 38 heavy (non-hydrogen) atoms. The molecular weight excluding hydrogens is 513 g/mol. The lowest BCUT2D eigenvalue weighted by atomic mass is 9.81. The monoisotopic (exact) mass is 548 g/mol. The molecule has 4 rings (SSSR count). The number of rotatable bonds is 11. The number of aliphatic hydroxyl groups excluding tert-OH is 2. The lowest BCUT2D eigenvalue weighted by molar-refractivity contribution is -0.137. The van der Waals surface area contributed by atoms with E-state index in [0.29, 0.717) is 17.2 Å². The van der Waals surface area contributed by atoms with Crippen molar-refractivity contribution < 1.29 is 28.1 Å². The van der Waals surface area contributed by atoms with E-state index in [4.69, 9.17) is 4.74 Å². The van der Waals surface area contributed by atoms with E-state index in [1.807, 2.05) is 24.3 Å². The zero-order chi connectivity index (χ0) is 27.1. The maximum absolute atomic E-state index is 12.9. The molecule has 1 saturated heterocycles. The van der Waals surface area contributed by atoms with E-state index in [2.05, 4.69) is 9.88 Å². The Balaban J connectivity index is 1.24. The lowest BCUT2D eigenvalue weighted by Gasteiger charge is -2.38. The first-order valence-corrected chi connectivity index (χ1v) is 14.0. The Hall–Kier alpha value is -2.33. The van der Waals surface area contributed by atoms with E-state index < -0.39 is 17.8 Å². The molecule has 5 nitrogen and oxygen atoms in total. The van der Waals surface area contributed by atoms with Crippen LogP contribution in [0.25, 0.3) is 10.9 Å². The van der Waals surface area contributed by atoms with E-state index in [9.17, 15) is 23.4 Å². The molecule has 9 heteroatoms. The van der Waals surface area contributed by atoms with Crippen LogP contribution < -0.4 is 4.74 Å². The SMILES string of the molecule is COc1ccc2nccc([C@H](O)CC[C@@H]3CCN(CCCSc4cccc(C(F)(F)F)c4)C[C@@H]3CO)c2c1. The quantitative estimate of drug-likeness (QED) is 0.220. The number of hydrogen-bond acceptors (Lipinski definition) is 6. The first-order valence-electron chi connectivity index (χ1n) is 13.0. The number of aliphatic hydroxyl groups is 2. The van der Waals surface area contributed by atoms with Crippen molar-refractivity contribution in [3.8, 4) is 5.75 Å². The molecule has 0 unspecified atom stereocenters. The van der Waals surface area contributed by atoms with Crippen molar-refractivity contribution in [3.05, 3.63) is 65.9 Å². The number of pyridine rings is 1. The van der Waals surface area contributed by atoms with Gasteiger partial charge in [0.15, 0.2) is 0 Å². The fourth-order valence-corrected chi connectivity index (χ4v) is 6.17. The molecule has 1 aromatic heterocycles. The van der Waals surface area contributed by atoms with Gasteiger partial charge in [-0.05, 0) is 104 Å². The zero-order valence-corrected chi connectivity index (χ0v) is 22.3. The number of likely N-dealkylation sites (tertiary alicyclic amines) is 1. The van der Waals surface area contributed by atoms with Crippen molar-refractivity contribution in [2.45, 2.75) is 42.9 Å². The van der Waals surface area contributed by atoms with Crippen LogP contribution in [0, 0.1) is 11.8 Å². The zero-order valence-electron chi connectivity index (χ0n) is 21.5. The second kappa shape index (κ2) is 13.2. The van der Waals surface area contributed by atoms with E-state index in [1.165, 1.54) is 23.9 Å². The highest BCUT2D eigenvalue weighted by atomic mass is 32.2. The molecule has 206 valence electrons. The molecule has 3 aromatic rings. The summed E-state index contributed by atoms with van der Waals surface area (Å²) in [4.78, 5) is 7.36. The lowest BCUT2D eigenvalue weighted by Crippen LogP contribution is -2.42. The van der Waals surface area contributed by atoms with Gasteiger partial charge >= 0.3 is 6.18 Å². The van der Waals surface area contributed by atoms with Gasteiger partial charge in [-0.2, -0.15) is 13.2 Å². The summed E-state index contributed by atoms with van der Waals surface area (Å²) in [6.45, 7) is 2.66. The summed E-state index contributed by atoms with van der Waals surface area (Å²) in [7, 11) is 1.62. The van der Waals surface area contributed by atoms with Crippen molar-refractivity contribution in [1.29, 1.82) is 0 Å². The second-order valence-electron chi connectivity index (χ2n) is 9.90. The van der Waals surface area contributed by atoms with Crippen LogP contribution in [0.2, 0.25) is 0 Å². The Bertz CT molecular complexity index is 1190. The standard InChI is InChI=1S/C29H35F3N2O3S/c1-37-23-7-8-27-26(17-23)25(10-12-33-27)28(36)9-6-20-11-14-34(18-21(20)19-35)13-3-15-38-24-5-2-4-22(16-24)29(30,31)32/h2,4-5,7-8,10,12,16-17,20-21,28,35-36H,3,6,9,11,13-15,18-19H2,1H3/t20-,21-,28-/m1/s1. The predicted molar refractivity (Wildman–Crippen MR) is 144 cm³/mol. The molecule has 0 saturated carbocycles. The van der Waals surface area contributed by atoms with Gasteiger partial charge in [0.2, 0.25) is 0 Å². The number of thioether (sulfide) groups is 1. The third-order valence-corrected chi connectivity index (χ3v) is 8.49. The summed E-state index contributed by atoms with van der Waals surface area (Å²) < 4.78 is 44.1. The molecule has 1 aliphatic rings. The molecule has 0 spiro atoms. The minimum atomic E-state index is -4.32. The van der Waals surface area contributed by atoms with Crippen molar-refractivity contribution in [2.75, 3.05) is 39.1 Å². The van der Waals surface area contributed by atoms with Gasteiger partial charge in [-0.25, -0.2) is 0 Å². The van der Waals surface area contributed by atoms with E-state index in [1.54, 1.807) is 19.4 Å². The van der Waals surface area contributed by atoms with Crippen LogP contribution in [-0.4, -0.2) is 59.2 Å². The fourth-order valence-electron chi connectivity index (χ4n) is 5.28. The Morgan fingerprint density at radius 1 is 1.16 bits per heavy atom. The number of ether oxygens (including phenoxy) is 1. The molecular formula is C29H35F3N2O3S. The van der Waals surface area contributed by atoms with Crippen molar-refractivity contribution in [1.82, 2.24) is 9.88 Å². The molecule has 0 bridgehead atoms. The van der Waals surface area contributed by atoms with Crippen LogP contribution in [0.1, 0.15) is 42.9 Å². The van der Waals surface area contributed by atoms with Crippen molar-refractivity contribution in [3.63, 3.8) is 0 Å². The highest BCUT2D eigenvalue weighted by Crippen LogP contribution is 2.34. The Kier molecular flexibility index (Phi) is 9.92. The molecule has 1 aliphatic heterocycles. The van der Waals surface area contributed by atoms with Crippen LogP contribution in [0.5, 0.6) is 5.75 Å². The van der Waals surface area contributed by atoms with Gasteiger partial charge in [0.1, 0.15) is 5.75 Å². The van der Waals surface area contributed by atoms with Gasteiger partial charge in [0.25, 0.3) is 0 Å². The fraction of sp³-hybridized carbons (Fsp3) is 0.483. The van der Waals surface area contributed by atoms with E-state index >= 15 is 0 Å². The van der Waals surface area contributed by atoms with Gasteiger partial charge in [-0.15, -0.1) is 11.8 Å². The molecule has 0 amide bonds. The predicted octanol–water partition coefficient (Wildman–Crippen LogP) is 6.19. The average molecular weight is 549 g/mol. The molecule has 0 aliphatic carbocycles. The van der Waals surface area contributed by atoms with E-state index in [-0.39, 0.29) is 12.5 Å². The van der Waals surface area contributed by atoms with E-state index in [0.717, 1.165) is 72.9 Å². The molecule has 2 aromatic carbocycles. The summed E-state index contributed by atoms with van der Waals surface area (Å²) in [5.74, 6) is 1.93. The number of alkyl halides is 3.